The van der Waals surface area contributed by atoms with Crippen molar-refractivity contribution in [3.05, 3.63) is 28.2 Å². The predicted octanol–water partition coefficient (Wildman–Crippen LogP) is 3.38. The van der Waals surface area contributed by atoms with Gasteiger partial charge in [0.15, 0.2) is 0 Å². The summed E-state index contributed by atoms with van der Waals surface area (Å²) in [6, 6.07) is 5.14. The van der Waals surface area contributed by atoms with Gasteiger partial charge in [-0.3, -0.25) is 0 Å². The molecule has 4 nitrogen and oxygen atoms in total. The highest BCUT2D eigenvalue weighted by atomic mass is 79.9. The van der Waals surface area contributed by atoms with Crippen LogP contribution in [0.4, 0.5) is 0 Å². The van der Waals surface area contributed by atoms with Crippen molar-refractivity contribution in [2.75, 3.05) is 20.2 Å². The molecule has 1 unspecified atom stereocenters. The Hall–Kier alpha value is -0.140. The van der Waals surface area contributed by atoms with Crippen LogP contribution in [-0.2, 0) is 20.6 Å². The molecule has 0 aromatic heterocycles. The van der Waals surface area contributed by atoms with Crippen molar-refractivity contribution in [2.24, 2.45) is 0 Å². The first-order chi connectivity index (χ1) is 9.95. The summed E-state index contributed by atoms with van der Waals surface area (Å²) in [4.78, 5) is 0.249. The lowest BCUT2D eigenvalue weighted by atomic mass is 10.1. The minimum Gasteiger partial charge on any atom is -0.377 e. The van der Waals surface area contributed by atoms with Crippen molar-refractivity contribution in [3.8, 4) is 0 Å². The van der Waals surface area contributed by atoms with E-state index in [-0.39, 0.29) is 16.9 Å². The van der Waals surface area contributed by atoms with Gasteiger partial charge < -0.3 is 4.74 Å². The highest BCUT2D eigenvalue weighted by Crippen LogP contribution is 2.27. The topological polar surface area (TPSA) is 46.6 Å². The highest BCUT2D eigenvalue weighted by Gasteiger charge is 2.27. The Bertz CT molecular complexity index is 588. The van der Waals surface area contributed by atoms with Crippen LogP contribution in [0.2, 0.25) is 0 Å². The van der Waals surface area contributed by atoms with Crippen molar-refractivity contribution in [2.45, 2.75) is 36.1 Å². The standard InChI is InChI=1S/C14H19BrClNO3S/c1-17(10-12-4-2-3-7-20-12)21(18,19)14-8-11(9-16)5-6-13(14)15/h5-6,8,12H,2-4,7,9-10H2,1H3. The molecule has 0 amide bonds. The molecule has 1 heterocycles. The fourth-order valence-electron chi connectivity index (χ4n) is 2.33. The minimum atomic E-state index is -3.55. The van der Waals surface area contributed by atoms with Gasteiger partial charge >= 0.3 is 0 Å². The van der Waals surface area contributed by atoms with E-state index in [4.69, 9.17) is 16.3 Å². The summed E-state index contributed by atoms with van der Waals surface area (Å²) in [5.74, 6) is 0.283. The second kappa shape index (κ2) is 7.42. The fourth-order valence-corrected chi connectivity index (χ4v) is 4.67. The third kappa shape index (κ3) is 4.20. The SMILES string of the molecule is CN(CC1CCCCO1)S(=O)(=O)c1cc(CCl)ccc1Br. The van der Waals surface area contributed by atoms with Crippen LogP contribution in [0.3, 0.4) is 0 Å². The van der Waals surface area contributed by atoms with Crippen molar-refractivity contribution in [1.82, 2.24) is 4.31 Å². The van der Waals surface area contributed by atoms with E-state index in [1.165, 1.54) is 4.31 Å². The first-order valence-electron chi connectivity index (χ1n) is 6.87. The molecule has 1 aliphatic rings. The summed E-state index contributed by atoms with van der Waals surface area (Å²) in [6.45, 7) is 1.09. The van der Waals surface area contributed by atoms with E-state index < -0.39 is 10.0 Å². The van der Waals surface area contributed by atoms with E-state index >= 15 is 0 Å². The Morgan fingerprint density at radius 1 is 1.43 bits per heavy atom. The molecule has 21 heavy (non-hydrogen) atoms. The summed E-state index contributed by atoms with van der Waals surface area (Å²) >= 11 is 9.10. The molecule has 1 fully saturated rings. The molecule has 1 aromatic rings. The molecular weight excluding hydrogens is 378 g/mol. The van der Waals surface area contributed by atoms with Gasteiger partial charge in [-0.15, -0.1) is 11.6 Å². The molecule has 0 aliphatic carbocycles. The number of alkyl halides is 1. The molecule has 2 rings (SSSR count). The maximum atomic E-state index is 12.7. The van der Waals surface area contributed by atoms with E-state index in [0.29, 0.717) is 17.6 Å². The van der Waals surface area contributed by atoms with Crippen LogP contribution in [0.25, 0.3) is 0 Å². The lowest BCUT2D eigenvalue weighted by molar-refractivity contribution is 0.00858. The molecule has 0 radical (unpaired) electrons. The molecule has 0 saturated carbocycles. The first-order valence-corrected chi connectivity index (χ1v) is 9.64. The predicted molar refractivity (Wildman–Crippen MR) is 87.1 cm³/mol. The molecule has 0 bridgehead atoms. The molecule has 0 spiro atoms. The molecule has 1 aliphatic heterocycles. The van der Waals surface area contributed by atoms with E-state index in [9.17, 15) is 8.42 Å². The van der Waals surface area contributed by atoms with Crippen LogP contribution in [0.5, 0.6) is 0 Å². The summed E-state index contributed by atoms with van der Waals surface area (Å²) in [5.41, 5.74) is 0.778. The van der Waals surface area contributed by atoms with Crippen molar-refractivity contribution < 1.29 is 13.2 Å². The number of rotatable bonds is 5. The van der Waals surface area contributed by atoms with Gasteiger partial charge in [0.25, 0.3) is 0 Å². The minimum absolute atomic E-state index is 0.0199. The number of ether oxygens (including phenoxy) is 1. The van der Waals surface area contributed by atoms with Gasteiger partial charge in [-0.25, -0.2) is 8.42 Å². The maximum absolute atomic E-state index is 12.7. The van der Waals surface area contributed by atoms with E-state index in [2.05, 4.69) is 15.9 Å². The largest absolute Gasteiger partial charge is 0.377 e. The maximum Gasteiger partial charge on any atom is 0.244 e. The van der Waals surface area contributed by atoms with E-state index in [0.717, 1.165) is 24.8 Å². The molecule has 118 valence electrons. The Balaban J connectivity index is 2.20. The quantitative estimate of drug-likeness (QED) is 0.717. The summed E-state index contributed by atoms with van der Waals surface area (Å²) in [6.07, 6.45) is 3.02. The zero-order valence-corrected chi connectivity index (χ0v) is 15.0. The van der Waals surface area contributed by atoms with Crippen LogP contribution in [0, 0.1) is 0 Å². The van der Waals surface area contributed by atoms with E-state index in [1.54, 1.807) is 25.2 Å². The van der Waals surface area contributed by atoms with Gasteiger partial charge in [0.1, 0.15) is 0 Å². The number of benzene rings is 1. The van der Waals surface area contributed by atoms with Gasteiger partial charge in [-0.2, -0.15) is 4.31 Å². The van der Waals surface area contributed by atoms with Gasteiger partial charge in [0.2, 0.25) is 10.0 Å². The smallest absolute Gasteiger partial charge is 0.244 e. The van der Waals surface area contributed by atoms with Crippen LogP contribution >= 0.6 is 27.5 Å². The summed E-state index contributed by atoms with van der Waals surface area (Å²) < 4.78 is 32.9. The molecule has 1 aromatic carbocycles. The molecule has 0 N–H and O–H groups in total. The molecule has 1 saturated heterocycles. The zero-order chi connectivity index (χ0) is 15.5. The monoisotopic (exact) mass is 395 g/mol. The van der Waals surface area contributed by atoms with Crippen LogP contribution in [0.15, 0.2) is 27.6 Å². The molecule has 7 heteroatoms. The lowest BCUT2D eigenvalue weighted by Gasteiger charge is -2.27. The number of likely N-dealkylation sites (N-methyl/N-ethyl adjacent to an activating group) is 1. The Kier molecular flexibility index (Phi) is 6.08. The van der Waals surface area contributed by atoms with Crippen molar-refractivity contribution in [3.63, 3.8) is 0 Å². The van der Waals surface area contributed by atoms with Crippen LogP contribution in [0.1, 0.15) is 24.8 Å². The van der Waals surface area contributed by atoms with Gasteiger partial charge in [0, 0.05) is 30.6 Å². The zero-order valence-electron chi connectivity index (χ0n) is 11.9. The normalized spacial score (nSPS) is 19.9. The Morgan fingerprint density at radius 3 is 2.81 bits per heavy atom. The van der Waals surface area contributed by atoms with Crippen molar-refractivity contribution >= 4 is 37.6 Å². The van der Waals surface area contributed by atoms with Crippen LogP contribution < -0.4 is 0 Å². The third-order valence-corrected chi connectivity index (χ3v) is 6.70. The van der Waals surface area contributed by atoms with Gasteiger partial charge in [0.05, 0.1) is 11.0 Å². The van der Waals surface area contributed by atoms with Crippen molar-refractivity contribution in [1.29, 1.82) is 0 Å². The first kappa shape index (κ1) is 17.2. The average molecular weight is 397 g/mol. The second-order valence-electron chi connectivity index (χ2n) is 5.17. The number of halogens is 2. The number of sulfonamides is 1. The fraction of sp³-hybridized carbons (Fsp3) is 0.571. The van der Waals surface area contributed by atoms with Gasteiger partial charge in [-0.1, -0.05) is 6.07 Å². The summed E-state index contributed by atoms with van der Waals surface area (Å²) in [7, 11) is -1.96. The number of hydrogen-bond acceptors (Lipinski definition) is 3. The lowest BCUT2D eigenvalue weighted by Crippen LogP contribution is -2.37. The van der Waals surface area contributed by atoms with E-state index in [1.807, 2.05) is 0 Å². The molecular formula is C14H19BrClNO3S. The number of nitrogens with zero attached hydrogens (tertiary/aromatic N) is 1. The Morgan fingerprint density at radius 2 is 2.19 bits per heavy atom. The molecule has 1 atom stereocenters. The third-order valence-electron chi connectivity index (χ3n) is 3.57. The van der Waals surface area contributed by atoms with Crippen LogP contribution in [-0.4, -0.2) is 39.0 Å². The Labute approximate surface area is 139 Å². The summed E-state index contributed by atoms with van der Waals surface area (Å²) in [5, 5.41) is 0. The van der Waals surface area contributed by atoms with Gasteiger partial charge in [-0.05, 0) is 52.9 Å². The second-order valence-corrected chi connectivity index (χ2v) is 8.31. The average Bonchev–Trinajstić information content (AvgIpc) is 2.48. The highest BCUT2D eigenvalue weighted by molar-refractivity contribution is 9.10. The number of hydrogen-bond donors (Lipinski definition) is 0.